The molecule has 0 aliphatic rings. The molecule has 0 spiro atoms. The van der Waals surface area contributed by atoms with Gasteiger partial charge in [0.1, 0.15) is 12.1 Å². The van der Waals surface area contributed by atoms with Crippen LogP contribution in [-0.2, 0) is 6.42 Å². The van der Waals surface area contributed by atoms with E-state index >= 15 is 0 Å². The average Bonchev–Trinajstić information content (AvgIpc) is 3.16. The van der Waals surface area contributed by atoms with Crippen molar-refractivity contribution in [1.82, 2.24) is 19.7 Å². The van der Waals surface area contributed by atoms with Crippen LogP contribution in [0.1, 0.15) is 34.2 Å². The predicted molar refractivity (Wildman–Crippen MR) is 122 cm³/mol. The van der Waals surface area contributed by atoms with Gasteiger partial charge in [0.2, 0.25) is 0 Å². The van der Waals surface area contributed by atoms with Crippen LogP contribution in [0.2, 0.25) is 0 Å². The summed E-state index contributed by atoms with van der Waals surface area (Å²) in [6.07, 6.45) is 3.92. The third-order valence-corrected chi connectivity index (χ3v) is 5.07. The van der Waals surface area contributed by atoms with Gasteiger partial charge < -0.3 is 10.6 Å². The first-order valence-corrected chi connectivity index (χ1v) is 10.1. The molecule has 0 radical (unpaired) electrons. The third kappa shape index (κ3) is 4.45. The van der Waals surface area contributed by atoms with Crippen molar-refractivity contribution in [2.45, 2.75) is 27.2 Å². The van der Waals surface area contributed by atoms with Crippen molar-refractivity contribution in [3.8, 4) is 5.69 Å². The van der Waals surface area contributed by atoms with Crippen LogP contribution in [0, 0.1) is 13.8 Å². The molecule has 7 nitrogen and oxygen atoms in total. The second-order valence-corrected chi connectivity index (χ2v) is 7.24. The molecule has 0 atom stereocenters. The largest absolute Gasteiger partial charge is 0.340 e. The molecule has 4 rings (SSSR count). The highest BCUT2D eigenvalue weighted by atomic mass is 16.1. The molecule has 1 amide bonds. The SMILES string of the molecule is CCc1ccc(Nc2cc(C)ncn2)cc1NC(=O)c1cnn(-c2ccccc2)c1C. The lowest BCUT2D eigenvalue weighted by Crippen LogP contribution is -2.14. The van der Waals surface area contributed by atoms with Gasteiger partial charge in [0.15, 0.2) is 0 Å². The fourth-order valence-electron chi connectivity index (χ4n) is 3.40. The number of para-hydroxylation sites is 1. The Morgan fingerprint density at radius 1 is 1.03 bits per heavy atom. The van der Waals surface area contributed by atoms with Gasteiger partial charge in [-0.15, -0.1) is 0 Å². The van der Waals surface area contributed by atoms with Gasteiger partial charge in [-0.1, -0.05) is 31.2 Å². The Bertz CT molecular complexity index is 1220. The number of anilines is 3. The molecule has 0 bridgehead atoms. The van der Waals surface area contributed by atoms with Crippen LogP contribution in [0.3, 0.4) is 0 Å². The molecule has 0 unspecified atom stereocenters. The van der Waals surface area contributed by atoms with Crippen molar-refractivity contribution >= 4 is 23.1 Å². The summed E-state index contributed by atoms with van der Waals surface area (Å²) in [6, 6.07) is 17.5. The van der Waals surface area contributed by atoms with Crippen LogP contribution in [-0.4, -0.2) is 25.7 Å². The summed E-state index contributed by atoms with van der Waals surface area (Å²) in [5, 5.41) is 10.7. The van der Waals surface area contributed by atoms with Crippen molar-refractivity contribution in [3.63, 3.8) is 0 Å². The van der Waals surface area contributed by atoms with Gasteiger partial charge in [-0.2, -0.15) is 5.10 Å². The molecule has 0 saturated carbocycles. The van der Waals surface area contributed by atoms with E-state index in [0.717, 1.165) is 40.4 Å². The summed E-state index contributed by atoms with van der Waals surface area (Å²) in [4.78, 5) is 21.4. The minimum Gasteiger partial charge on any atom is -0.340 e. The van der Waals surface area contributed by atoms with Gasteiger partial charge >= 0.3 is 0 Å². The van der Waals surface area contributed by atoms with Crippen LogP contribution in [0.4, 0.5) is 17.2 Å². The molecule has 0 fully saturated rings. The maximum atomic E-state index is 13.1. The fourth-order valence-corrected chi connectivity index (χ4v) is 3.40. The molecular weight excluding hydrogens is 388 g/mol. The number of carbonyl (C=O) groups excluding carboxylic acids is 1. The van der Waals surface area contributed by atoms with Gasteiger partial charge in [0.05, 0.1) is 23.1 Å². The summed E-state index contributed by atoms with van der Waals surface area (Å²) >= 11 is 0. The summed E-state index contributed by atoms with van der Waals surface area (Å²) < 4.78 is 1.77. The monoisotopic (exact) mass is 412 g/mol. The first kappa shape index (κ1) is 20.3. The number of aromatic nitrogens is 4. The van der Waals surface area contributed by atoms with Crippen molar-refractivity contribution in [2.75, 3.05) is 10.6 Å². The molecule has 7 heteroatoms. The van der Waals surface area contributed by atoms with E-state index in [0.29, 0.717) is 11.4 Å². The minimum atomic E-state index is -0.190. The molecule has 0 aliphatic carbocycles. The summed E-state index contributed by atoms with van der Waals surface area (Å²) in [5.41, 5.74) is 5.76. The molecule has 0 aliphatic heterocycles. The number of hydrogen-bond donors (Lipinski definition) is 2. The highest BCUT2D eigenvalue weighted by Gasteiger charge is 2.16. The molecule has 2 aromatic heterocycles. The Kier molecular flexibility index (Phi) is 5.75. The normalized spacial score (nSPS) is 10.7. The van der Waals surface area contributed by atoms with Crippen LogP contribution >= 0.6 is 0 Å². The Morgan fingerprint density at radius 2 is 1.84 bits per heavy atom. The maximum absolute atomic E-state index is 13.1. The van der Waals surface area contributed by atoms with Crippen LogP contribution in [0.5, 0.6) is 0 Å². The zero-order valence-corrected chi connectivity index (χ0v) is 17.8. The van der Waals surface area contributed by atoms with Crippen LogP contribution < -0.4 is 10.6 Å². The molecule has 4 aromatic rings. The molecule has 31 heavy (non-hydrogen) atoms. The summed E-state index contributed by atoms with van der Waals surface area (Å²) in [6.45, 7) is 5.87. The first-order chi connectivity index (χ1) is 15.0. The minimum absolute atomic E-state index is 0.190. The van der Waals surface area contributed by atoms with Crippen molar-refractivity contribution < 1.29 is 4.79 Å². The van der Waals surface area contributed by atoms with Gasteiger partial charge in [0, 0.05) is 23.1 Å². The van der Waals surface area contributed by atoms with E-state index in [1.165, 1.54) is 6.33 Å². The Morgan fingerprint density at radius 3 is 2.58 bits per heavy atom. The second kappa shape index (κ2) is 8.79. The first-order valence-electron chi connectivity index (χ1n) is 10.1. The summed E-state index contributed by atoms with van der Waals surface area (Å²) in [5.74, 6) is 0.512. The van der Waals surface area contributed by atoms with Crippen molar-refractivity contribution in [3.05, 3.63) is 89.6 Å². The topological polar surface area (TPSA) is 84.7 Å². The standard InChI is InChI=1S/C24H24N6O/c1-4-18-10-11-19(28-23-12-16(2)25-15-26-23)13-22(18)29-24(31)21-14-27-30(17(21)3)20-8-6-5-7-9-20/h5-15H,4H2,1-3H3,(H,29,31)(H,25,26,28). The van der Waals surface area contributed by atoms with Crippen LogP contribution in [0.25, 0.3) is 5.69 Å². The Hall–Kier alpha value is -4.00. The summed E-state index contributed by atoms with van der Waals surface area (Å²) in [7, 11) is 0. The lowest BCUT2D eigenvalue weighted by Gasteiger charge is -2.13. The molecule has 2 aromatic carbocycles. The van der Waals surface area contributed by atoms with E-state index in [1.54, 1.807) is 10.9 Å². The lowest BCUT2D eigenvalue weighted by atomic mass is 10.1. The van der Waals surface area contributed by atoms with E-state index in [4.69, 9.17) is 0 Å². The maximum Gasteiger partial charge on any atom is 0.259 e. The Labute approximate surface area is 181 Å². The van der Waals surface area contributed by atoms with Gasteiger partial charge in [-0.25, -0.2) is 14.6 Å². The zero-order valence-electron chi connectivity index (χ0n) is 17.8. The Balaban J connectivity index is 1.58. The highest BCUT2D eigenvalue weighted by Crippen LogP contribution is 2.25. The third-order valence-electron chi connectivity index (χ3n) is 5.07. The zero-order chi connectivity index (χ0) is 21.8. The number of nitrogens with one attached hydrogen (secondary N) is 2. The lowest BCUT2D eigenvalue weighted by molar-refractivity contribution is 0.102. The van der Waals surface area contributed by atoms with Gasteiger partial charge in [0.25, 0.3) is 5.91 Å². The molecule has 156 valence electrons. The van der Waals surface area contributed by atoms with Crippen molar-refractivity contribution in [1.29, 1.82) is 0 Å². The predicted octanol–water partition coefficient (Wildman–Crippen LogP) is 4.84. The average molecular weight is 412 g/mol. The number of benzene rings is 2. The van der Waals surface area contributed by atoms with Gasteiger partial charge in [-0.05, 0) is 50.1 Å². The van der Waals surface area contributed by atoms with E-state index in [2.05, 4.69) is 32.6 Å². The number of rotatable bonds is 6. The van der Waals surface area contributed by atoms with Gasteiger partial charge in [-0.3, -0.25) is 4.79 Å². The van der Waals surface area contributed by atoms with Crippen LogP contribution in [0.15, 0.2) is 67.1 Å². The molecule has 2 heterocycles. The van der Waals surface area contributed by atoms with E-state index < -0.39 is 0 Å². The number of nitrogens with zero attached hydrogens (tertiary/aromatic N) is 4. The number of amides is 1. The number of carbonyl (C=O) groups is 1. The van der Waals surface area contributed by atoms with Crippen molar-refractivity contribution in [2.24, 2.45) is 0 Å². The second-order valence-electron chi connectivity index (χ2n) is 7.24. The van der Waals surface area contributed by atoms with E-state index in [1.807, 2.05) is 68.4 Å². The molecule has 0 saturated heterocycles. The highest BCUT2D eigenvalue weighted by molar-refractivity contribution is 6.05. The fraction of sp³-hybridized carbons (Fsp3) is 0.167. The number of aryl methyl sites for hydroxylation is 2. The smallest absolute Gasteiger partial charge is 0.259 e. The van der Waals surface area contributed by atoms with E-state index in [-0.39, 0.29) is 5.91 Å². The van der Waals surface area contributed by atoms with E-state index in [9.17, 15) is 4.79 Å². The molecule has 2 N–H and O–H groups in total. The molecular formula is C24H24N6O. The number of hydrogen-bond acceptors (Lipinski definition) is 5. The quantitative estimate of drug-likeness (QED) is 0.473.